The number of thioether (sulfide) groups is 1. The first-order chi connectivity index (χ1) is 15.1. The van der Waals surface area contributed by atoms with Crippen LogP contribution >= 0.6 is 11.8 Å². The minimum atomic E-state index is -3.81. The molecule has 8 nitrogen and oxygen atoms in total. The van der Waals surface area contributed by atoms with Crippen molar-refractivity contribution in [1.29, 1.82) is 0 Å². The van der Waals surface area contributed by atoms with Gasteiger partial charge in [-0.1, -0.05) is 48.2 Å². The van der Waals surface area contributed by atoms with Gasteiger partial charge in [0.2, 0.25) is 15.9 Å². The number of hydrogen-bond acceptors (Lipinski definition) is 6. The second-order valence-corrected chi connectivity index (χ2v) is 9.96. The van der Waals surface area contributed by atoms with Gasteiger partial charge in [0.05, 0.1) is 16.7 Å². The van der Waals surface area contributed by atoms with Crippen LogP contribution in [0.3, 0.4) is 0 Å². The summed E-state index contributed by atoms with van der Waals surface area (Å²) in [5.74, 6) is 0.857. The summed E-state index contributed by atoms with van der Waals surface area (Å²) in [6.45, 7) is 6.57. The molecule has 0 fully saturated rings. The third-order valence-corrected chi connectivity index (χ3v) is 7.25. The van der Waals surface area contributed by atoms with Crippen molar-refractivity contribution >= 4 is 27.7 Å². The molecular weight excluding hydrogens is 446 g/mol. The molecule has 3 aromatic rings. The fourth-order valence-corrected chi connectivity index (χ4v) is 4.82. The third-order valence-electron chi connectivity index (χ3n) is 5.39. The lowest BCUT2D eigenvalue weighted by molar-refractivity contribution is -0.128. The largest absolute Gasteiger partial charge is 0.338 e. The topological polar surface area (TPSA) is 111 Å². The van der Waals surface area contributed by atoms with Crippen LogP contribution in [-0.2, 0) is 21.4 Å². The molecule has 1 aromatic heterocycles. The molecule has 0 saturated heterocycles. The van der Waals surface area contributed by atoms with E-state index in [0.717, 1.165) is 17.0 Å². The Hall–Kier alpha value is -2.69. The number of rotatable bonds is 8. The first-order valence-electron chi connectivity index (χ1n) is 10.1. The van der Waals surface area contributed by atoms with Gasteiger partial charge in [-0.05, 0) is 44.0 Å². The Morgan fingerprint density at radius 3 is 2.56 bits per heavy atom. The Morgan fingerprint density at radius 1 is 1.19 bits per heavy atom. The van der Waals surface area contributed by atoms with E-state index in [-0.39, 0.29) is 22.6 Å². The van der Waals surface area contributed by atoms with Crippen LogP contribution in [0.2, 0.25) is 0 Å². The van der Waals surface area contributed by atoms with E-state index in [0.29, 0.717) is 17.3 Å². The van der Waals surface area contributed by atoms with Crippen LogP contribution in [-0.4, -0.2) is 46.8 Å². The molecule has 0 aliphatic rings. The van der Waals surface area contributed by atoms with Crippen LogP contribution in [0.4, 0.5) is 0 Å². The zero-order valence-electron chi connectivity index (χ0n) is 18.5. The minimum absolute atomic E-state index is 0.0249. The van der Waals surface area contributed by atoms with E-state index >= 15 is 0 Å². The van der Waals surface area contributed by atoms with Gasteiger partial charge in [-0.2, -0.15) is 0 Å². The summed E-state index contributed by atoms with van der Waals surface area (Å²) in [4.78, 5) is 14.5. The lowest BCUT2D eigenvalue weighted by Crippen LogP contribution is -2.31. The van der Waals surface area contributed by atoms with E-state index in [1.807, 2.05) is 49.6 Å². The molecule has 0 aliphatic heterocycles. The number of aryl methyl sites for hydroxylation is 1. The number of nitrogens with zero attached hydrogens (tertiary/aromatic N) is 4. The molecule has 1 amide bonds. The standard InChI is InChI=1S/C22H27N5O3S2/c1-5-27-21(19-12-7-6-9-15(19)2)24-25-22(27)31-14-20(28)26(4)16(3)17-10-8-11-18(13-17)32(23,29)30/h6-13,16H,5,14H2,1-4H3,(H2,23,29,30). The maximum Gasteiger partial charge on any atom is 0.238 e. The summed E-state index contributed by atoms with van der Waals surface area (Å²) in [7, 11) is -2.11. The summed E-state index contributed by atoms with van der Waals surface area (Å²) in [5.41, 5.74) is 2.81. The molecule has 0 spiro atoms. The SMILES string of the molecule is CCn1c(SCC(=O)N(C)C(C)c2cccc(S(N)(=O)=O)c2)nnc1-c1ccccc1C. The van der Waals surface area contributed by atoms with Gasteiger partial charge in [0.15, 0.2) is 11.0 Å². The highest BCUT2D eigenvalue weighted by molar-refractivity contribution is 7.99. The zero-order chi connectivity index (χ0) is 23.5. The van der Waals surface area contributed by atoms with Crippen LogP contribution in [0.25, 0.3) is 11.4 Å². The number of amides is 1. The van der Waals surface area contributed by atoms with E-state index in [1.165, 1.54) is 23.9 Å². The zero-order valence-corrected chi connectivity index (χ0v) is 20.2. The van der Waals surface area contributed by atoms with E-state index < -0.39 is 10.0 Å². The van der Waals surface area contributed by atoms with Crippen molar-refractivity contribution < 1.29 is 13.2 Å². The second kappa shape index (κ2) is 9.85. The van der Waals surface area contributed by atoms with Gasteiger partial charge >= 0.3 is 0 Å². The van der Waals surface area contributed by atoms with Crippen molar-refractivity contribution in [1.82, 2.24) is 19.7 Å². The van der Waals surface area contributed by atoms with Gasteiger partial charge in [0.25, 0.3) is 0 Å². The number of aromatic nitrogens is 3. The molecule has 0 radical (unpaired) electrons. The number of hydrogen-bond donors (Lipinski definition) is 1. The Kier molecular flexibility index (Phi) is 7.37. The number of sulfonamides is 1. The van der Waals surface area contributed by atoms with E-state index in [4.69, 9.17) is 5.14 Å². The van der Waals surface area contributed by atoms with Gasteiger partial charge in [-0.25, -0.2) is 13.6 Å². The van der Waals surface area contributed by atoms with E-state index in [1.54, 1.807) is 24.1 Å². The van der Waals surface area contributed by atoms with Crippen molar-refractivity contribution in [2.75, 3.05) is 12.8 Å². The molecule has 170 valence electrons. The van der Waals surface area contributed by atoms with Gasteiger partial charge in [0, 0.05) is 19.2 Å². The average Bonchev–Trinajstić information content (AvgIpc) is 3.18. The van der Waals surface area contributed by atoms with Crippen molar-refractivity contribution in [3.05, 3.63) is 59.7 Å². The first kappa shape index (κ1) is 24.0. The van der Waals surface area contributed by atoms with Crippen LogP contribution in [0.5, 0.6) is 0 Å². The molecule has 10 heteroatoms. The van der Waals surface area contributed by atoms with Crippen LogP contribution in [0.15, 0.2) is 58.6 Å². The van der Waals surface area contributed by atoms with E-state index in [2.05, 4.69) is 10.2 Å². The molecule has 0 bridgehead atoms. The highest BCUT2D eigenvalue weighted by atomic mass is 32.2. The summed E-state index contributed by atoms with van der Waals surface area (Å²) in [5, 5.41) is 14.6. The third kappa shape index (κ3) is 5.20. The molecule has 0 saturated carbocycles. The fraction of sp³-hybridized carbons (Fsp3) is 0.318. The maximum absolute atomic E-state index is 12.8. The number of nitrogens with two attached hydrogens (primary N) is 1. The van der Waals surface area contributed by atoms with Crippen molar-refractivity contribution in [3.8, 4) is 11.4 Å². The lowest BCUT2D eigenvalue weighted by Gasteiger charge is -2.25. The maximum atomic E-state index is 12.8. The number of carbonyl (C=O) groups is 1. The molecule has 3 rings (SSSR count). The smallest absolute Gasteiger partial charge is 0.238 e. The highest BCUT2D eigenvalue weighted by Crippen LogP contribution is 2.27. The molecule has 1 unspecified atom stereocenters. The second-order valence-electron chi connectivity index (χ2n) is 7.45. The lowest BCUT2D eigenvalue weighted by atomic mass is 10.1. The van der Waals surface area contributed by atoms with Crippen LogP contribution in [0, 0.1) is 6.92 Å². The summed E-state index contributed by atoms with van der Waals surface area (Å²) in [6.07, 6.45) is 0. The van der Waals surface area contributed by atoms with E-state index in [9.17, 15) is 13.2 Å². The summed E-state index contributed by atoms with van der Waals surface area (Å²) >= 11 is 1.33. The number of carbonyl (C=O) groups excluding carboxylic acids is 1. The molecule has 1 heterocycles. The summed E-state index contributed by atoms with van der Waals surface area (Å²) in [6, 6.07) is 14.0. The van der Waals surface area contributed by atoms with Crippen molar-refractivity contribution in [2.24, 2.45) is 5.14 Å². The van der Waals surface area contributed by atoms with Gasteiger partial charge in [0.1, 0.15) is 0 Å². The average molecular weight is 474 g/mol. The summed E-state index contributed by atoms with van der Waals surface area (Å²) < 4.78 is 25.3. The predicted octanol–water partition coefficient (Wildman–Crippen LogP) is 3.23. The van der Waals surface area contributed by atoms with Gasteiger partial charge in [-0.3, -0.25) is 4.79 Å². The normalized spacial score (nSPS) is 12.5. The Morgan fingerprint density at radius 2 is 1.91 bits per heavy atom. The molecule has 0 aliphatic carbocycles. The monoisotopic (exact) mass is 473 g/mol. The molecular formula is C22H27N5O3S2. The van der Waals surface area contributed by atoms with Gasteiger partial charge in [-0.15, -0.1) is 10.2 Å². The first-order valence-corrected chi connectivity index (χ1v) is 12.7. The number of primary sulfonamides is 1. The Balaban J connectivity index is 1.73. The highest BCUT2D eigenvalue weighted by Gasteiger charge is 2.21. The Bertz CT molecular complexity index is 1220. The molecule has 1 atom stereocenters. The quantitative estimate of drug-likeness (QED) is 0.503. The molecule has 32 heavy (non-hydrogen) atoms. The predicted molar refractivity (Wildman–Crippen MR) is 126 cm³/mol. The number of benzene rings is 2. The fourth-order valence-electron chi connectivity index (χ4n) is 3.32. The molecule has 2 aromatic carbocycles. The van der Waals surface area contributed by atoms with Gasteiger partial charge < -0.3 is 9.47 Å². The Labute approximate surface area is 192 Å². The molecule has 2 N–H and O–H groups in total. The van der Waals surface area contributed by atoms with Crippen LogP contribution in [0.1, 0.15) is 31.0 Å². The van der Waals surface area contributed by atoms with Crippen molar-refractivity contribution in [2.45, 2.75) is 43.4 Å². The van der Waals surface area contributed by atoms with Crippen LogP contribution < -0.4 is 5.14 Å². The van der Waals surface area contributed by atoms with Crippen molar-refractivity contribution in [3.63, 3.8) is 0 Å². The minimum Gasteiger partial charge on any atom is -0.338 e.